The van der Waals surface area contributed by atoms with Crippen molar-refractivity contribution in [3.05, 3.63) is 77.4 Å². The average molecular weight is 291 g/mol. The van der Waals surface area contributed by atoms with Gasteiger partial charge in [-0.15, -0.1) is 0 Å². The lowest BCUT2D eigenvalue weighted by atomic mass is 10.1. The predicted octanol–water partition coefficient (Wildman–Crippen LogP) is 3.78. The van der Waals surface area contributed by atoms with Crippen molar-refractivity contribution in [3.63, 3.8) is 0 Å². The number of carbonyl (C=O) groups is 1. The Balaban J connectivity index is 1.79. The molecule has 0 heterocycles. The number of nitrogens with one attached hydrogen (secondary N) is 1. The zero-order chi connectivity index (χ0) is 15.5. The Labute approximate surface area is 129 Å². The third kappa shape index (κ3) is 2.93. The van der Waals surface area contributed by atoms with Gasteiger partial charge in [-0.05, 0) is 35.4 Å². The Bertz CT molecular complexity index is 822. The molecule has 0 atom stereocenters. The third-order valence-corrected chi connectivity index (χ3v) is 3.68. The van der Waals surface area contributed by atoms with Crippen molar-refractivity contribution in [2.24, 2.45) is 0 Å². The number of fused-ring (bicyclic) bond motifs is 1. The largest absolute Gasteiger partial charge is 0.507 e. The van der Waals surface area contributed by atoms with E-state index < -0.39 is 0 Å². The van der Waals surface area contributed by atoms with Gasteiger partial charge in [0.05, 0.1) is 5.56 Å². The van der Waals surface area contributed by atoms with E-state index in [2.05, 4.69) is 5.32 Å². The molecule has 1 amide bonds. The van der Waals surface area contributed by atoms with Crippen molar-refractivity contribution in [3.8, 4) is 5.75 Å². The molecule has 0 aliphatic rings. The normalized spacial score (nSPS) is 10.6. The van der Waals surface area contributed by atoms with E-state index in [0.717, 1.165) is 16.3 Å². The van der Waals surface area contributed by atoms with Crippen molar-refractivity contribution >= 4 is 16.7 Å². The zero-order valence-electron chi connectivity index (χ0n) is 12.3. The maximum atomic E-state index is 12.3. The van der Waals surface area contributed by atoms with Gasteiger partial charge in [0.25, 0.3) is 5.91 Å². The number of hydrogen-bond donors (Lipinski definition) is 2. The molecule has 3 heteroatoms. The summed E-state index contributed by atoms with van der Waals surface area (Å²) in [6.07, 6.45) is 0. The lowest BCUT2D eigenvalue weighted by Crippen LogP contribution is -2.22. The molecule has 0 aliphatic carbocycles. The van der Waals surface area contributed by atoms with Gasteiger partial charge in [-0.1, -0.05) is 54.1 Å². The van der Waals surface area contributed by atoms with Crippen LogP contribution in [0.25, 0.3) is 10.8 Å². The summed E-state index contributed by atoms with van der Waals surface area (Å²) in [4.78, 5) is 12.3. The molecule has 0 bridgehead atoms. The van der Waals surface area contributed by atoms with Crippen LogP contribution >= 0.6 is 0 Å². The van der Waals surface area contributed by atoms with Crippen LogP contribution in [-0.2, 0) is 6.54 Å². The van der Waals surface area contributed by atoms with E-state index in [4.69, 9.17) is 0 Å². The Morgan fingerprint density at radius 3 is 2.32 bits per heavy atom. The van der Waals surface area contributed by atoms with E-state index >= 15 is 0 Å². The Hall–Kier alpha value is -2.81. The van der Waals surface area contributed by atoms with Gasteiger partial charge in [-0.25, -0.2) is 0 Å². The fourth-order valence-corrected chi connectivity index (χ4v) is 2.39. The van der Waals surface area contributed by atoms with Gasteiger partial charge in [0, 0.05) is 6.54 Å². The molecule has 0 aliphatic heterocycles. The molecule has 0 saturated carbocycles. The number of rotatable bonds is 3. The Morgan fingerprint density at radius 2 is 1.64 bits per heavy atom. The highest BCUT2D eigenvalue weighted by molar-refractivity contribution is 6.01. The number of hydrogen-bond acceptors (Lipinski definition) is 2. The highest BCUT2D eigenvalue weighted by Crippen LogP contribution is 2.24. The van der Waals surface area contributed by atoms with Crippen LogP contribution in [0.4, 0.5) is 0 Å². The smallest absolute Gasteiger partial charge is 0.255 e. The Morgan fingerprint density at radius 1 is 1.00 bits per heavy atom. The quantitative estimate of drug-likeness (QED) is 0.771. The van der Waals surface area contributed by atoms with Crippen LogP contribution in [0.5, 0.6) is 5.75 Å². The summed E-state index contributed by atoms with van der Waals surface area (Å²) >= 11 is 0. The molecule has 3 nitrogen and oxygen atoms in total. The topological polar surface area (TPSA) is 49.3 Å². The van der Waals surface area contributed by atoms with Gasteiger partial charge in [0.2, 0.25) is 0 Å². The molecule has 0 aromatic heterocycles. The van der Waals surface area contributed by atoms with Crippen LogP contribution < -0.4 is 5.32 Å². The summed E-state index contributed by atoms with van der Waals surface area (Å²) < 4.78 is 0. The minimum Gasteiger partial charge on any atom is -0.507 e. The molecular formula is C19H17NO2. The van der Waals surface area contributed by atoms with Crippen LogP contribution in [-0.4, -0.2) is 11.0 Å². The minimum absolute atomic E-state index is 0.0000983. The maximum absolute atomic E-state index is 12.3. The molecule has 3 aromatic rings. The summed E-state index contributed by atoms with van der Waals surface area (Å²) in [5.41, 5.74) is 2.51. The molecule has 110 valence electrons. The van der Waals surface area contributed by atoms with Crippen molar-refractivity contribution in [2.75, 3.05) is 0 Å². The molecule has 0 unspecified atom stereocenters. The second-order valence-electron chi connectivity index (χ2n) is 5.38. The predicted molar refractivity (Wildman–Crippen MR) is 88.0 cm³/mol. The molecule has 2 N–H and O–H groups in total. The van der Waals surface area contributed by atoms with Crippen LogP contribution in [0.15, 0.2) is 60.7 Å². The van der Waals surface area contributed by atoms with Gasteiger partial charge >= 0.3 is 0 Å². The van der Waals surface area contributed by atoms with Crippen molar-refractivity contribution in [2.45, 2.75) is 13.5 Å². The number of aryl methyl sites for hydroxylation is 1. The first kappa shape index (κ1) is 14.1. The van der Waals surface area contributed by atoms with Gasteiger partial charge < -0.3 is 10.4 Å². The van der Waals surface area contributed by atoms with Crippen molar-refractivity contribution in [1.29, 1.82) is 0 Å². The third-order valence-electron chi connectivity index (χ3n) is 3.68. The summed E-state index contributed by atoms with van der Waals surface area (Å²) in [5, 5.41) is 14.7. The highest BCUT2D eigenvalue weighted by atomic mass is 16.3. The highest BCUT2D eigenvalue weighted by Gasteiger charge is 2.12. The van der Waals surface area contributed by atoms with E-state index in [-0.39, 0.29) is 11.7 Å². The molecule has 0 fully saturated rings. The second-order valence-corrected chi connectivity index (χ2v) is 5.38. The standard InChI is InChI=1S/C19H17NO2/c1-13-6-8-14(9-7-13)12-20-19(22)17-10-15-4-2-3-5-16(15)11-18(17)21/h2-11,21H,12H2,1H3,(H,20,22). The molecule has 0 radical (unpaired) electrons. The number of amides is 1. The number of phenolic OH excluding ortho intramolecular Hbond substituents is 1. The number of carbonyl (C=O) groups excluding carboxylic acids is 1. The summed E-state index contributed by atoms with van der Waals surface area (Å²) in [6.45, 7) is 2.46. The lowest BCUT2D eigenvalue weighted by molar-refractivity contribution is 0.0948. The number of benzene rings is 3. The van der Waals surface area contributed by atoms with Crippen molar-refractivity contribution < 1.29 is 9.90 Å². The fraction of sp³-hybridized carbons (Fsp3) is 0.105. The zero-order valence-corrected chi connectivity index (χ0v) is 12.3. The maximum Gasteiger partial charge on any atom is 0.255 e. The van der Waals surface area contributed by atoms with Crippen LogP contribution in [0, 0.1) is 6.92 Å². The average Bonchev–Trinajstić information content (AvgIpc) is 2.53. The first-order chi connectivity index (χ1) is 10.6. The van der Waals surface area contributed by atoms with E-state index in [1.165, 1.54) is 5.56 Å². The van der Waals surface area contributed by atoms with Gasteiger partial charge in [0.15, 0.2) is 0 Å². The van der Waals surface area contributed by atoms with Crippen LogP contribution in [0.3, 0.4) is 0 Å². The second kappa shape index (κ2) is 5.90. The number of phenols is 1. The molecule has 3 aromatic carbocycles. The van der Waals surface area contributed by atoms with Crippen LogP contribution in [0.1, 0.15) is 21.5 Å². The molecule has 0 saturated heterocycles. The molecular weight excluding hydrogens is 274 g/mol. The monoisotopic (exact) mass is 291 g/mol. The first-order valence-corrected chi connectivity index (χ1v) is 7.19. The van der Waals surface area contributed by atoms with E-state index in [0.29, 0.717) is 12.1 Å². The molecule has 22 heavy (non-hydrogen) atoms. The van der Waals surface area contributed by atoms with E-state index in [1.54, 1.807) is 12.1 Å². The van der Waals surface area contributed by atoms with Gasteiger partial charge in [0.1, 0.15) is 5.75 Å². The van der Waals surface area contributed by atoms with Crippen molar-refractivity contribution in [1.82, 2.24) is 5.32 Å². The van der Waals surface area contributed by atoms with Crippen LogP contribution in [0.2, 0.25) is 0 Å². The minimum atomic E-state index is -0.274. The molecule has 0 spiro atoms. The fourth-order valence-electron chi connectivity index (χ4n) is 2.39. The summed E-state index contributed by atoms with van der Waals surface area (Å²) in [6, 6.07) is 19.0. The lowest BCUT2D eigenvalue weighted by Gasteiger charge is -2.09. The van der Waals surface area contributed by atoms with E-state index in [9.17, 15) is 9.90 Å². The van der Waals surface area contributed by atoms with Gasteiger partial charge in [-0.3, -0.25) is 4.79 Å². The SMILES string of the molecule is Cc1ccc(CNC(=O)c2cc3ccccc3cc2O)cc1. The number of aromatic hydroxyl groups is 1. The Kier molecular flexibility index (Phi) is 3.79. The first-order valence-electron chi connectivity index (χ1n) is 7.19. The summed E-state index contributed by atoms with van der Waals surface area (Å²) in [5.74, 6) is -0.274. The molecule has 3 rings (SSSR count). The van der Waals surface area contributed by atoms with E-state index in [1.807, 2.05) is 55.5 Å². The van der Waals surface area contributed by atoms with Gasteiger partial charge in [-0.2, -0.15) is 0 Å². The summed E-state index contributed by atoms with van der Waals surface area (Å²) in [7, 11) is 0.